The maximum Gasteiger partial charge on any atom is 0.254 e. The smallest absolute Gasteiger partial charge is 0.254 e. The molecular weight excluding hydrogens is 345 g/mol. The van der Waals surface area contributed by atoms with E-state index in [9.17, 15) is 9.18 Å². The first-order chi connectivity index (χ1) is 10.6. The van der Waals surface area contributed by atoms with Gasteiger partial charge in [0.05, 0.1) is 11.6 Å². The third-order valence-corrected chi connectivity index (χ3v) is 4.78. The molecule has 3 rings (SSSR count). The second-order valence-corrected chi connectivity index (χ2v) is 6.59. The summed E-state index contributed by atoms with van der Waals surface area (Å²) in [6, 6.07) is 14.0. The molecular formula is C18H17BrFNO. The van der Waals surface area contributed by atoms with E-state index in [4.69, 9.17) is 0 Å². The number of benzene rings is 2. The van der Waals surface area contributed by atoms with Crippen LogP contribution >= 0.6 is 15.9 Å². The molecule has 0 aromatic heterocycles. The predicted molar refractivity (Wildman–Crippen MR) is 88.1 cm³/mol. The monoisotopic (exact) mass is 361 g/mol. The van der Waals surface area contributed by atoms with Crippen molar-refractivity contribution in [3.63, 3.8) is 0 Å². The fraction of sp³-hybridized carbons (Fsp3) is 0.278. The molecule has 0 heterocycles. The van der Waals surface area contributed by atoms with Crippen molar-refractivity contribution in [1.29, 1.82) is 0 Å². The Labute approximate surface area is 137 Å². The quantitative estimate of drug-likeness (QED) is 0.827. The van der Waals surface area contributed by atoms with E-state index in [2.05, 4.69) is 21.2 Å². The van der Waals surface area contributed by atoms with Crippen LogP contribution in [0.25, 0.3) is 0 Å². The molecule has 1 unspecified atom stereocenters. The van der Waals surface area contributed by atoms with Gasteiger partial charge >= 0.3 is 0 Å². The number of halogens is 2. The van der Waals surface area contributed by atoms with E-state index in [0.29, 0.717) is 5.92 Å². The van der Waals surface area contributed by atoms with Gasteiger partial charge in [-0.25, -0.2) is 4.39 Å². The van der Waals surface area contributed by atoms with E-state index >= 15 is 0 Å². The van der Waals surface area contributed by atoms with Crippen LogP contribution in [0.5, 0.6) is 0 Å². The predicted octanol–water partition coefficient (Wildman–Crippen LogP) is 4.86. The van der Waals surface area contributed by atoms with Crippen molar-refractivity contribution in [2.45, 2.75) is 25.3 Å². The molecule has 114 valence electrons. The Morgan fingerprint density at radius 3 is 2.41 bits per heavy atom. The van der Waals surface area contributed by atoms with Gasteiger partial charge in [-0.1, -0.05) is 46.6 Å². The van der Waals surface area contributed by atoms with Crippen LogP contribution in [0, 0.1) is 11.7 Å². The van der Waals surface area contributed by atoms with Crippen LogP contribution in [0.15, 0.2) is 53.0 Å². The average Bonchev–Trinajstić information content (AvgIpc) is 2.46. The van der Waals surface area contributed by atoms with E-state index in [0.717, 1.165) is 22.9 Å². The minimum absolute atomic E-state index is 0.0612. The summed E-state index contributed by atoms with van der Waals surface area (Å²) in [5.74, 6) is -0.405. The third-order valence-electron chi connectivity index (χ3n) is 4.26. The average molecular weight is 362 g/mol. The summed E-state index contributed by atoms with van der Waals surface area (Å²) in [4.78, 5) is 12.4. The van der Waals surface area contributed by atoms with Crippen LogP contribution in [-0.2, 0) is 0 Å². The van der Waals surface area contributed by atoms with Gasteiger partial charge in [0, 0.05) is 4.47 Å². The van der Waals surface area contributed by atoms with E-state index in [1.807, 2.05) is 24.3 Å². The van der Waals surface area contributed by atoms with E-state index in [1.54, 1.807) is 12.1 Å². The second kappa shape index (κ2) is 6.61. The van der Waals surface area contributed by atoms with Gasteiger partial charge in [-0.2, -0.15) is 0 Å². The number of rotatable bonds is 4. The van der Waals surface area contributed by atoms with Crippen molar-refractivity contribution in [3.8, 4) is 0 Å². The normalized spacial score (nSPS) is 15.9. The molecule has 22 heavy (non-hydrogen) atoms. The Morgan fingerprint density at radius 1 is 1.14 bits per heavy atom. The van der Waals surface area contributed by atoms with Gasteiger partial charge in [-0.05, 0) is 48.6 Å². The maximum atomic E-state index is 13.8. The lowest BCUT2D eigenvalue weighted by Crippen LogP contribution is -2.36. The summed E-state index contributed by atoms with van der Waals surface area (Å²) in [7, 11) is 0. The molecule has 1 atom stereocenters. The molecule has 0 aliphatic heterocycles. The molecule has 1 N–H and O–H groups in total. The van der Waals surface area contributed by atoms with Gasteiger partial charge < -0.3 is 5.32 Å². The molecule has 0 saturated heterocycles. The Hall–Kier alpha value is -1.68. The Balaban J connectivity index is 1.83. The van der Waals surface area contributed by atoms with Crippen LogP contribution in [0.1, 0.15) is 41.2 Å². The molecule has 0 bridgehead atoms. The highest BCUT2D eigenvalue weighted by Crippen LogP contribution is 2.38. The molecule has 1 amide bonds. The molecule has 1 aliphatic carbocycles. The Morgan fingerprint density at radius 2 is 1.82 bits per heavy atom. The summed E-state index contributed by atoms with van der Waals surface area (Å²) in [5, 5.41) is 3.02. The summed E-state index contributed by atoms with van der Waals surface area (Å²) in [6.07, 6.45) is 3.38. The molecule has 0 radical (unpaired) electrons. The zero-order chi connectivity index (χ0) is 15.5. The zero-order valence-corrected chi connectivity index (χ0v) is 13.6. The number of amides is 1. The van der Waals surface area contributed by atoms with E-state index in [-0.39, 0.29) is 17.5 Å². The molecule has 1 saturated carbocycles. The molecule has 0 spiro atoms. The van der Waals surface area contributed by atoms with Crippen molar-refractivity contribution in [1.82, 2.24) is 5.32 Å². The van der Waals surface area contributed by atoms with Crippen LogP contribution in [0.2, 0.25) is 0 Å². The van der Waals surface area contributed by atoms with E-state index < -0.39 is 5.82 Å². The molecule has 4 heteroatoms. The fourth-order valence-electron chi connectivity index (χ4n) is 2.78. The fourth-order valence-corrected chi connectivity index (χ4v) is 3.05. The number of hydrogen-bond donors (Lipinski definition) is 1. The van der Waals surface area contributed by atoms with E-state index in [1.165, 1.54) is 18.6 Å². The van der Waals surface area contributed by atoms with Crippen LogP contribution in [0.3, 0.4) is 0 Å². The largest absolute Gasteiger partial charge is 0.345 e. The van der Waals surface area contributed by atoms with Crippen LogP contribution in [-0.4, -0.2) is 5.91 Å². The molecule has 2 nitrogen and oxygen atoms in total. The van der Waals surface area contributed by atoms with Gasteiger partial charge in [-0.3, -0.25) is 4.79 Å². The van der Waals surface area contributed by atoms with Crippen LogP contribution in [0.4, 0.5) is 4.39 Å². The minimum Gasteiger partial charge on any atom is -0.345 e. The van der Waals surface area contributed by atoms with Crippen molar-refractivity contribution in [2.75, 3.05) is 0 Å². The van der Waals surface area contributed by atoms with Gasteiger partial charge in [0.2, 0.25) is 0 Å². The molecule has 2 aromatic carbocycles. The Bertz CT molecular complexity index is 667. The van der Waals surface area contributed by atoms with Crippen molar-refractivity contribution in [2.24, 2.45) is 5.92 Å². The topological polar surface area (TPSA) is 29.1 Å². The Kier molecular flexibility index (Phi) is 4.57. The highest BCUT2D eigenvalue weighted by molar-refractivity contribution is 9.10. The summed E-state index contributed by atoms with van der Waals surface area (Å²) in [5.41, 5.74) is 1.17. The van der Waals surface area contributed by atoms with Gasteiger partial charge in [0.1, 0.15) is 5.82 Å². The zero-order valence-electron chi connectivity index (χ0n) is 12.1. The van der Waals surface area contributed by atoms with Gasteiger partial charge in [-0.15, -0.1) is 0 Å². The van der Waals surface area contributed by atoms with Crippen molar-refractivity contribution >= 4 is 21.8 Å². The first kappa shape index (κ1) is 15.2. The molecule has 1 fully saturated rings. The SMILES string of the molecule is O=C(NC(c1ccc(Br)cc1)C1CCC1)c1ccccc1F. The summed E-state index contributed by atoms with van der Waals surface area (Å²) < 4.78 is 14.8. The standard InChI is InChI=1S/C18H17BrFNO/c19-14-10-8-13(9-11-14)17(12-4-3-5-12)21-18(22)15-6-1-2-7-16(15)20/h1-2,6-12,17H,3-5H2,(H,21,22). The lowest BCUT2D eigenvalue weighted by atomic mass is 9.77. The number of carbonyl (C=O) groups excluding carboxylic acids is 1. The van der Waals surface area contributed by atoms with Crippen molar-refractivity contribution < 1.29 is 9.18 Å². The number of carbonyl (C=O) groups is 1. The summed E-state index contributed by atoms with van der Waals surface area (Å²) in [6.45, 7) is 0. The third kappa shape index (κ3) is 3.22. The van der Waals surface area contributed by atoms with Crippen LogP contribution < -0.4 is 5.32 Å². The first-order valence-corrected chi connectivity index (χ1v) is 8.25. The van der Waals surface area contributed by atoms with Crippen molar-refractivity contribution in [3.05, 3.63) is 69.9 Å². The highest BCUT2D eigenvalue weighted by atomic mass is 79.9. The number of nitrogens with one attached hydrogen (secondary N) is 1. The van der Waals surface area contributed by atoms with Gasteiger partial charge in [0.25, 0.3) is 5.91 Å². The molecule has 1 aliphatic rings. The maximum absolute atomic E-state index is 13.8. The highest BCUT2D eigenvalue weighted by Gasteiger charge is 2.30. The number of hydrogen-bond acceptors (Lipinski definition) is 1. The molecule has 2 aromatic rings. The summed E-state index contributed by atoms with van der Waals surface area (Å²) >= 11 is 3.42. The first-order valence-electron chi connectivity index (χ1n) is 7.46. The lowest BCUT2D eigenvalue weighted by Gasteiger charge is -2.34. The minimum atomic E-state index is -0.483. The van der Waals surface area contributed by atoms with Gasteiger partial charge in [0.15, 0.2) is 0 Å². The lowest BCUT2D eigenvalue weighted by molar-refractivity contribution is 0.0896. The second-order valence-electron chi connectivity index (χ2n) is 5.67.